The topological polar surface area (TPSA) is 59.0 Å². The number of nitriles is 1. The number of rotatable bonds is 3. The second-order valence-electron chi connectivity index (χ2n) is 4.00. The van der Waals surface area contributed by atoms with Crippen LogP contribution in [-0.2, 0) is 0 Å². The molecule has 0 spiro atoms. The third kappa shape index (κ3) is 2.84. The number of hydrogen-bond acceptors (Lipinski definition) is 3. The van der Waals surface area contributed by atoms with Crippen molar-refractivity contribution in [2.75, 3.05) is 6.61 Å². The van der Waals surface area contributed by atoms with E-state index in [-0.39, 0.29) is 30.3 Å². The van der Waals surface area contributed by atoms with Crippen molar-refractivity contribution in [1.82, 2.24) is 0 Å². The smallest absolute Gasteiger partial charge is 0.201 e. The van der Waals surface area contributed by atoms with Crippen LogP contribution < -0.4 is 10.5 Å². The first-order valence-corrected chi connectivity index (χ1v) is 4.85. The first kappa shape index (κ1) is 13.7. The van der Waals surface area contributed by atoms with E-state index in [1.165, 1.54) is 12.1 Å². The van der Waals surface area contributed by atoms with Gasteiger partial charge >= 0.3 is 0 Å². The van der Waals surface area contributed by atoms with Crippen LogP contribution in [-0.4, -0.2) is 12.1 Å². The van der Waals surface area contributed by atoms with Crippen molar-refractivity contribution in [2.24, 2.45) is 5.73 Å². The van der Waals surface area contributed by atoms with Crippen LogP contribution in [0.1, 0.15) is 18.4 Å². The molecule has 1 saturated carbocycles. The molecule has 1 fully saturated rings. The van der Waals surface area contributed by atoms with Crippen molar-refractivity contribution < 1.29 is 13.5 Å². The van der Waals surface area contributed by atoms with Crippen LogP contribution >= 0.6 is 12.4 Å². The Bertz CT molecular complexity index is 469. The van der Waals surface area contributed by atoms with Crippen molar-refractivity contribution >= 4 is 12.4 Å². The first-order chi connectivity index (χ1) is 7.56. The summed E-state index contributed by atoms with van der Waals surface area (Å²) in [5, 5.41) is 8.49. The zero-order valence-corrected chi connectivity index (χ0v) is 9.69. The fourth-order valence-electron chi connectivity index (χ4n) is 1.26. The molecule has 17 heavy (non-hydrogen) atoms. The lowest BCUT2D eigenvalue weighted by molar-refractivity contribution is 0.263. The minimum absolute atomic E-state index is 0. The van der Waals surface area contributed by atoms with E-state index in [1.807, 2.05) is 0 Å². The van der Waals surface area contributed by atoms with E-state index < -0.39 is 17.2 Å². The van der Waals surface area contributed by atoms with Gasteiger partial charge in [-0.2, -0.15) is 9.65 Å². The summed E-state index contributed by atoms with van der Waals surface area (Å²) in [6, 6.07) is 3.98. The summed E-state index contributed by atoms with van der Waals surface area (Å²) in [7, 11) is 0. The average molecular weight is 261 g/mol. The number of hydrogen-bond donors (Lipinski definition) is 1. The van der Waals surface area contributed by atoms with Crippen LogP contribution in [0.3, 0.4) is 0 Å². The van der Waals surface area contributed by atoms with E-state index in [9.17, 15) is 8.78 Å². The molecule has 0 aromatic heterocycles. The molecule has 0 aliphatic heterocycles. The van der Waals surface area contributed by atoms with Gasteiger partial charge in [0.05, 0.1) is 11.1 Å². The van der Waals surface area contributed by atoms with Gasteiger partial charge in [0.1, 0.15) is 12.7 Å². The zero-order valence-electron chi connectivity index (χ0n) is 8.87. The van der Waals surface area contributed by atoms with Gasteiger partial charge in [-0.1, -0.05) is 0 Å². The minimum atomic E-state index is -1.18. The normalized spacial score (nSPS) is 15.6. The highest BCUT2D eigenvalue weighted by Gasteiger charge is 2.39. The van der Waals surface area contributed by atoms with Crippen molar-refractivity contribution in [2.45, 2.75) is 18.4 Å². The van der Waals surface area contributed by atoms with Crippen LogP contribution in [0.2, 0.25) is 0 Å². The van der Waals surface area contributed by atoms with Gasteiger partial charge in [0, 0.05) is 0 Å². The lowest BCUT2D eigenvalue weighted by atomic mass is 10.2. The van der Waals surface area contributed by atoms with Crippen LogP contribution in [0.25, 0.3) is 0 Å². The molecule has 3 nitrogen and oxygen atoms in total. The largest absolute Gasteiger partial charge is 0.488 e. The minimum Gasteiger partial charge on any atom is -0.488 e. The molecule has 6 heteroatoms. The molecule has 0 bridgehead atoms. The van der Waals surface area contributed by atoms with E-state index in [0.717, 1.165) is 12.8 Å². The van der Waals surface area contributed by atoms with E-state index >= 15 is 0 Å². The second kappa shape index (κ2) is 4.86. The summed E-state index contributed by atoms with van der Waals surface area (Å²) in [4.78, 5) is 0. The van der Waals surface area contributed by atoms with Gasteiger partial charge in [-0.15, -0.1) is 12.4 Å². The number of benzene rings is 1. The van der Waals surface area contributed by atoms with Gasteiger partial charge in [-0.25, -0.2) is 4.39 Å². The van der Waals surface area contributed by atoms with Crippen molar-refractivity contribution in [3.63, 3.8) is 0 Å². The Balaban J connectivity index is 0.00000144. The molecule has 1 aliphatic rings. The monoisotopic (exact) mass is 260 g/mol. The Morgan fingerprint density at radius 3 is 2.53 bits per heavy atom. The third-order valence-electron chi connectivity index (χ3n) is 2.57. The average Bonchev–Trinajstić information content (AvgIpc) is 2.99. The molecule has 1 aromatic rings. The number of ether oxygens (including phenoxy) is 1. The number of halogens is 3. The second-order valence-corrected chi connectivity index (χ2v) is 4.00. The number of nitrogens with two attached hydrogens (primary N) is 1. The lowest BCUT2D eigenvalue weighted by Gasteiger charge is -2.12. The molecule has 0 amide bonds. The molecular formula is C11H11ClF2N2O. The fraction of sp³-hybridized carbons (Fsp3) is 0.364. The molecule has 0 atom stereocenters. The van der Waals surface area contributed by atoms with E-state index in [4.69, 9.17) is 15.7 Å². The van der Waals surface area contributed by atoms with E-state index in [0.29, 0.717) is 0 Å². The highest BCUT2D eigenvalue weighted by Crippen LogP contribution is 2.33. The quantitative estimate of drug-likeness (QED) is 0.906. The molecule has 0 radical (unpaired) electrons. The van der Waals surface area contributed by atoms with Crippen LogP contribution in [0, 0.1) is 23.0 Å². The maximum Gasteiger partial charge on any atom is 0.201 e. The predicted octanol–water partition coefficient (Wildman–Crippen LogP) is 2.13. The predicted molar refractivity (Wildman–Crippen MR) is 60.0 cm³/mol. The van der Waals surface area contributed by atoms with Gasteiger partial charge < -0.3 is 10.5 Å². The third-order valence-corrected chi connectivity index (χ3v) is 2.57. The first-order valence-electron chi connectivity index (χ1n) is 4.85. The van der Waals surface area contributed by atoms with Gasteiger partial charge in [-0.05, 0) is 25.0 Å². The van der Waals surface area contributed by atoms with Gasteiger partial charge in [0.15, 0.2) is 11.6 Å². The molecule has 2 rings (SSSR count). The lowest BCUT2D eigenvalue weighted by Crippen LogP contribution is -2.30. The van der Waals surface area contributed by atoms with Crippen molar-refractivity contribution in [3.8, 4) is 11.8 Å². The summed E-state index contributed by atoms with van der Waals surface area (Å²) in [5.74, 6) is -2.52. The summed E-state index contributed by atoms with van der Waals surface area (Å²) in [6.45, 7) is 0.162. The van der Waals surface area contributed by atoms with Crippen LogP contribution in [0.4, 0.5) is 8.78 Å². The summed E-state index contributed by atoms with van der Waals surface area (Å²) < 4.78 is 31.6. The summed E-state index contributed by atoms with van der Waals surface area (Å²) >= 11 is 0. The fourth-order valence-corrected chi connectivity index (χ4v) is 1.26. The molecule has 2 N–H and O–H groups in total. The number of nitrogens with zero attached hydrogens (tertiary/aromatic N) is 1. The van der Waals surface area contributed by atoms with E-state index in [2.05, 4.69) is 0 Å². The molecular weight excluding hydrogens is 250 g/mol. The Labute approximate surface area is 104 Å². The summed E-state index contributed by atoms with van der Waals surface area (Å²) in [5.41, 5.74) is 5.02. The van der Waals surface area contributed by atoms with Crippen molar-refractivity contribution in [3.05, 3.63) is 29.3 Å². The summed E-state index contributed by atoms with van der Waals surface area (Å²) in [6.07, 6.45) is 1.65. The van der Waals surface area contributed by atoms with Crippen LogP contribution in [0.5, 0.6) is 5.75 Å². The molecule has 0 unspecified atom stereocenters. The SMILES string of the molecule is Cl.N#Cc1ccc(OCC2(N)CC2)c(F)c1F. The van der Waals surface area contributed by atoms with Crippen molar-refractivity contribution in [1.29, 1.82) is 5.26 Å². The molecule has 0 saturated heterocycles. The Hall–Kier alpha value is -1.38. The molecule has 1 aromatic carbocycles. The highest BCUT2D eigenvalue weighted by molar-refractivity contribution is 5.85. The van der Waals surface area contributed by atoms with Crippen LogP contribution in [0.15, 0.2) is 12.1 Å². The van der Waals surface area contributed by atoms with Gasteiger partial charge in [0.2, 0.25) is 5.82 Å². The van der Waals surface area contributed by atoms with Gasteiger partial charge in [0.25, 0.3) is 0 Å². The molecule has 1 aliphatic carbocycles. The Morgan fingerprint density at radius 2 is 2.00 bits per heavy atom. The maximum atomic E-state index is 13.4. The standard InChI is InChI=1S/C11H10F2N2O.ClH/c12-9-7(5-14)1-2-8(10(9)13)16-6-11(15)3-4-11;/h1-2H,3-4,6,15H2;1H. The molecule has 92 valence electrons. The Morgan fingerprint density at radius 1 is 1.35 bits per heavy atom. The Kier molecular flexibility index (Phi) is 3.91. The maximum absolute atomic E-state index is 13.4. The highest BCUT2D eigenvalue weighted by atomic mass is 35.5. The van der Waals surface area contributed by atoms with Gasteiger partial charge in [-0.3, -0.25) is 0 Å². The zero-order chi connectivity index (χ0) is 11.8. The molecule has 0 heterocycles. The van der Waals surface area contributed by atoms with E-state index in [1.54, 1.807) is 6.07 Å².